The van der Waals surface area contributed by atoms with Gasteiger partial charge in [-0.3, -0.25) is 0 Å². The van der Waals surface area contributed by atoms with Gasteiger partial charge in [0.25, 0.3) is 0 Å². The Morgan fingerprint density at radius 3 is 2.53 bits per heavy atom. The lowest BCUT2D eigenvalue weighted by Gasteiger charge is -2.11. The first-order valence-electron chi connectivity index (χ1n) is 4.80. The van der Waals surface area contributed by atoms with Crippen molar-refractivity contribution in [2.75, 3.05) is 0 Å². The third-order valence-electron chi connectivity index (χ3n) is 2.10. The number of benzene rings is 1. The minimum Gasteiger partial charge on any atom is -0.462 e. The van der Waals surface area contributed by atoms with Crippen LogP contribution in [0, 0.1) is 11.3 Å². The number of ether oxygens (including phenoxy) is 1. The lowest BCUT2D eigenvalue weighted by Crippen LogP contribution is -2.08. The fraction of sp³-hybridized carbons (Fsp3) is 0.250. The summed E-state index contributed by atoms with van der Waals surface area (Å²) >= 11 is 0. The van der Waals surface area contributed by atoms with Gasteiger partial charge in [0.05, 0.1) is 23.0 Å². The smallest absolute Gasteiger partial charge is 0.417 e. The number of halogens is 3. The van der Waals surface area contributed by atoms with Crippen LogP contribution in [0.2, 0.25) is 0 Å². The Balaban J connectivity index is 3.20. The molecule has 0 heterocycles. The van der Waals surface area contributed by atoms with E-state index < -0.39 is 17.3 Å². The van der Waals surface area contributed by atoms with Gasteiger partial charge in [0, 0.05) is 0 Å². The second-order valence-electron chi connectivity index (χ2n) is 3.32. The number of nitriles is 1. The number of rotatable bonds is 2. The monoisotopic (exact) mass is 241 g/mol. The molecule has 0 bridgehead atoms. The third kappa shape index (κ3) is 3.25. The Hall–Kier alpha value is -1.96. The van der Waals surface area contributed by atoms with Crippen LogP contribution < -0.4 is 4.74 Å². The first kappa shape index (κ1) is 13.1. The summed E-state index contributed by atoms with van der Waals surface area (Å²) < 4.78 is 43.0. The molecule has 0 radical (unpaired) electrons. The van der Waals surface area contributed by atoms with Gasteiger partial charge in [-0.25, -0.2) is 0 Å². The highest BCUT2D eigenvalue weighted by atomic mass is 19.4. The van der Waals surface area contributed by atoms with Crippen molar-refractivity contribution < 1.29 is 17.9 Å². The largest absolute Gasteiger partial charge is 0.462 e. The summed E-state index contributed by atoms with van der Waals surface area (Å²) in [5.74, 6) is 0.551. The molecule has 0 amide bonds. The molecule has 0 saturated carbocycles. The van der Waals surface area contributed by atoms with Crippen LogP contribution in [0.5, 0.6) is 5.75 Å². The first-order valence-corrected chi connectivity index (χ1v) is 4.80. The van der Waals surface area contributed by atoms with Crippen LogP contribution in [0.3, 0.4) is 0 Å². The third-order valence-corrected chi connectivity index (χ3v) is 2.10. The molecule has 5 heteroatoms. The molecule has 1 aromatic carbocycles. The maximum Gasteiger partial charge on any atom is 0.417 e. The Kier molecular flexibility index (Phi) is 3.79. The quantitative estimate of drug-likeness (QED) is 0.736. The summed E-state index contributed by atoms with van der Waals surface area (Å²) in [5.41, 5.74) is -1.40. The summed E-state index contributed by atoms with van der Waals surface area (Å²) in [6, 6.07) is 4.76. The van der Waals surface area contributed by atoms with Crippen molar-refractivity contribution in [3.8, 4) is 11.8 Å². The molecule has 0 aromatic heterocycles. The van der Waals surface area contributed by atoms with E-state index in [1.54, 1.807) is 19.9 Å². The van der Waals surface area contributed by atoms with Gasteiger partial charge in [-0.05, 0) is 38.1 Å². The van der Waals surface area contributed by atoms with Crippen molar-refractivity contribution in [1.82, 2.24) is 0 Å². The fourth-order valence-electron chi connectivity index (χ4n) is 1.16. The van der Waals surface area contributed by atoms with Gasteiger partial charge >= 0.3 is 6.18 Å². The molecule has 2 nitrogen and oxygen atoms in total. The van der Waals surface area contributed by atoms with Gasteiger partial charge < -0.3 is 4.74 Å². The van der Waals surface area contributed by atoms with Crippen LogP contribution in [-0.2, 0) is 6.18 Å². The van der Waals surface area contributed by atoms with E-state index >= 15 is 0 Å². The van der Waals surface area contributed by atoms with E-state index in [1.165, 1.54) is 12.1 Å². The van der Waals surface area contributed by atoms with Crippen molar-refractivity contribution in [3.05, 3.63) is 41.2 Å². The van der Waals surface area contributed by atoms with Crippen molar-refractivity contribution >= 4 is 0 Å². The minimum atomic E-state index is -4.56. The SMILES string of the molecule is CC=C(C)Oc1ccc(C#N)c(C(F)(F)F)c1. The molecule has 90 valence electrons. The highest BCUT2D eigenvalue weighted by Crippen LogP contribution is 2.34. The molecular weight excluding hydrogens is 231 g/mol. The minimum absolute atomic E-state index is 0.0620. The van der Waals surface area contributed by atoms with Crippen molar-refractivity contribution in [2.24, 2.45) is 0 Å². The summed E-state index contributed by atoms with van der Waals surface area (Å²) in [4.78, 5) is 0. The van der Waals surface area contributed by atoms with Crippen LogP contribution in [0.4, 0.5) is 13.2 Å². The molecule has 0 aliphatic heterocycles. The average Bonchev–Trinajstić information content (AvgIpc) is 2.27. The van der Waals surface area contributed by atoms with E-state index in [9.17, 15) is 13.2 Å². The lowest BCUT2D eigenvalue weighted by molar-refractivity contribution is -0.137. The van der Waals surface area contributed by atoms with Crippen LogP contribution >= 0.6 is 0 Å². The molecule has 0 aliphatic rings. The molecule has 1 rings (SSSR count). The van der Waals surface area contributed by atoms with Crippen LogP contribution in [0.15, 0.2) is 30.0 Å². The molecular formula is C12H10F3NO. The van der Waals surface area contributed by atoms with Gasteiger partial charge in [-0.2, -0.15) is 18.4 Å². The zero-order valence-corrected chi connectivity index (χ0v) is 9.30. The maximum atomic E-state index is 12.6. The number of allylic oxidation sites excluding steroid dienone is 2. The zero-order valence-electron chi connectivity index (χ0n) is 9.30. The second-order valence-corrected chi connectivity index (χ2v) is 3.32. The number of hydrogen-bond donors (Lipinski definition) is 0. The highest BCUT2D eigenvalue weighted by molar-refractivity contribution is 5.44. The Morgan fingerprint density at radius 1 is 1.41 bits per heavy atom. The van der Waals surface area contributed by atoms with E-state index in [1.807, 2.05) is 0 Å². The molecule has 17 heavy (non-hydrogen) atoms. The Labute approximate surface area is 96.9 Å². The maximum absolute atomic E-state index is 12.6. The molecule has 0 atom stereocenters. The van der Waals surface area contributed by atoms with Crippen LogP contribution in [0.25, 0.3) is 0 Å². The van der Waals surface area contributed by atoms with Crippen LogP contribution in [-0.4, -0.2) is 0 Å². The number of alkyl halides is 3. The molecule has 0 aliphatic carbocycles. The molecule has 0 unspecified atom stereocenters. The standard InChI is InChI=1S/C12H10F3NO/c1-3-8(2)17-10-5-4-9(7-16)11(6-10)12(13,14)15/h3-6H,1-2H3. The molecule has 0 spiro atoms. The highest BCUT2D eigenvalue weighted by Gasteiger charge is 2.34. The fourth-order valence-corrected chi connectivity index (χ4v) is 1.16. The number of nitrogens with zero attached hydrogens (tertiary/aromatic N) is 1. The van der Waals surface area contributed by atoms with Crippen molar-refractivity contribution in [2.45, 2.75) is 20.0 Å². The van der Waals surface area contributed by atoms with Gasteiger partial charge in [-0.15, -0.1) is 0 Å². The predicted molar refractivity (Wildman–Crippen MR) is 56.2 cm³/mol. The predicted octanol–water partition coefficient (Wildman–Crippen LogP) is 3.88. The Bertz CT molecular complexity index is 484. The van der Waals surface area contributed by atoms with E-state index in [2.05, 4.69) is 0 Å². The Morgan fingerprint density at radius 2 is 2.06 bits per heavy atom. The van der Waals surface area contributed by atoms with Gasteiger partial charge in [0.15, 0.2) is 0 Å². The van der Waals surface area contributed by atoms with Crippen molar-refractivity contribution in [3.63, 3.8) is 0 Å². The number of hydrogen-bond acceptors (Lipinski definition) is 2. The topological polar surface area (TPSA) is 33.0 Å². The summed E-state index contributed by atoms with van der Waals surface area (Å²) in [7, 11) is 0. The lowest BCUT2D eigenvalue weighted by atomic mass is 10.1. The summed E-state index contributed by atoms with van der Waals surface area (Å²) in [6.07, 6.45) is -2.93. The van der Waals surface area contributed by atoms with E-state index in [-0.39, 0.29) is 5.75 Å². The normalized spacial score (nSPS) is 12.1. The van der Waals surface area contributed by atoms with E-state index in [0.29, 0.717) is 5.76 Å². The van der Waals surface area contributed by atoms with Crippen molar-refractivity contribution in [1.29, 1.82) is 5.26 Å². The molecule has 0 N–H and O–H groups in total. The summed E-state index contributed by atoms with van der Waals surface area (Å²) in [6.45, 7) is 3.34. The van der Waals surface area contributed by atoms with E-state index in [4.69, 9.17) is 10.00 Å². The average molecular weight is 241 g/mol. The van der Waals surface area contributed by atoms with Gasteiger partial charge in [0.2, 0.25) is 0 Å². The second kappa shape index (κ2) is 4.91. The van der Waals surface area contributed by atoms with Gasteiger partial charge in [0.1, 0.15) is 5.75 Å². The van der Waals surface area contributed by atoms with E-state index in [0.717, 1.165) is 12.1 Å². The molecule has 0 fully saturated rings. The first-order chi connectivity index (χ1) is 7.88. The summed E-state index contributed by atoms with van der Waals surface area (Å²) in [5, 5.41) is 8.60. The zero-order chi connectivity index (χ0) is 13.1. The van der Waals surface area contributed by atoms with Crippen LogP contribution in [0.1, 0.15) is 25.0 Å². The molecule has 0 saturated heterocycles. The molecule has 1 aromatic rings. The van der Waals surface area contributed by atoms with Gasteiger partial charge in [-0.1, -0.05) is 0 Å².